The molecule has 1 aliphatic heterocycles. The average Bonchev–Trinajstić information content (AvgIpc) is 2.86. The van der Waals surface area contributed by atoms with Crippen LogP contribution in [0.5, 0.6) is 5.75 Å². The number of carbonyl (C=O) groups is 1. The molecule has 1 heterocycles. The first-order chi connectivity index (χ1) is 9.06. The van der Waals surface area contributed by atoms with Crippen LogP contribution < -0.4 is 4.74 Å². The molecule has 0 N–H and O–H groups in total. The molecule has 0 unspecified atom stereocenters. The van der Waals surface area contributed by atoms with E-state index in [1.54, 1.807) is 7.11 Å². The molecule has 0 radical (unpaired) electrons. The second kappa shape index (κ2) is 5.52. The third-order valence-corrected chi connectivity index (χ3v) is 3.23. The molecule has 1 aromatic rings. The maximum Gasteiger partial charge on any atom is 0.259 e. The van der Waals surface area contributed by atoms with E-state index in [-0.39, 0.29) is 11.9 Å². The summed E-state index contributed by atoms with van der Waals surface area (Å²) >= 11 is 0. The largest absolute Gasteiger partial charge is 0.497 e. The van der Waals surface area contributed by atoms with Crippen molar-refractivity contribution in [2.75, 3.05) is 27.3 Å². The average molecular weight is 271 g/mol. The van der Waals surface area contributed by atoms with Crippen LogP contribution in [0.25, 0.3) is 0 Å². The van der Waals surface area contributed by atoms with Gasteiger partial charge >= 0.3 is 0 Å². The van der Waals surface area contributed by atoms with Gasteiger partial charge in [0.1, 0.15) is 22.9 Å². The van der Waals surface area contributed by atoms with Crippen molar-refractivity contribution < 1.29 is 23.0 Å². The summed E-state index contributed by atoms with van der Waals surface area (Å²) in [6.45, 7) is 0.780. The third kappa shape index (κ3) is 2.68. The minimum absolute atomic E-state index is 0.0442. The molecule has 4 nitrogen and oxygen atoms in total. The van der Waals surface area contributed by atoms with Crippen LogP contribution in [0.15, 0.2) is 12.1 Å². The lowest BCUT2D eigenvalue weighted by atomic mass is 10.1. The van der Waals surface area contributed by atoms with Gasteiger partial charge in [-0.3, -0.25) is 4.79 Å². The maximum atomic E-state index is 13.8. The normalized spacial score (nSPS) is 18.7. The van der Waals surface area contributed by atoms with Gasteiger partial charge in [-0.15, -0.1) is 0 Å². The van der Waals surface area contributed by atoms with Gasteiger partial charge in [0, 0.05) is 32.3 Å². The van der Waals surface area contributed by atoms with E-state index in [1.165, 1.54) is 12.0 Å². The lowest BCUT2D eigenvalue weighted by Gasteiger charge is -2.17. The summed E-state index contributed by atoms with van der Waals surface area (Å²) in [5, 5.41) is 0. The van der Waals surface area contributed by atoms with Crippen molar-refractivity contribution in [3.63, 3.8) is 0 Å². The molecular formula is C13H15F2NO3. The molecule has 1 fully saturated rings. The highest BCUT2D eigenvalue weighted by Gasteiger charge is 2.30. The number of benzene rings is 1. The Morgan fingerprint density at radius 1 is 1.32 bits per heavy atom. The second-order valence-electron chi connectivity index (χ2n) is 4.36. The number of hydrogen-bond acceptors (Lipinski definition) is 3. The van der Waals surface area contributed by atoms with Crippen molar-refractivity contribution in [3.8, 4) is 5.75 Å². The number of nitrogens with zero attached hydrogens (tertiary/aromatic N) is 1. The van der Waals surface area contributed by atoms with Gasteiger partial charge in [0.15, 0.2) is 0 Å². The molecule has 19 heavy (non-hydrogen) atoms. The Bertz CT molecular complexity index is 470. The fraction of sp³-hybridized carbons (Fsp3) is 0.462. The van der Waals surface area contributed by atoms with Crippen molar-refractivity contribution >= 4 is 5.91 Å². The van der Waals surface area contributed by atoms with E-state index in [0.717, 1.165) is 12.1 Å². The summed E-state index contributed by atoms with van der Waals surface area (Å²) in [7, 11) is 2.85. The Kier molecular flexibility index (Phi) is 3.99. The minimum atomic E-state index is -0.914. The second-order valence-corrected chi connectivity index (χ2v) is 4.36. The molecule has 1 saturated heterocycles. The molecule has 1 aromatic carbocycles. The van der Waals surface area contributed by atoms with Gasteiger partial charge in [-0.1, -0.05) is 0 Å². The highest BCUT2D eigenvalue weighted by molar-refractivity contribution is 5.95. The Morgan fingerprint density at radius 2 is 1.95 bits per heavy atom. The van der Waals surface area contributed by atoms with E-state index in [4.69, 9.17) is 9.47 Å². The van der Waals surface area contributed by atoms with Gasteiger partial charge in [0.05, 0.1) is 13.2 Å². The molecule has 0 aromatic heterocycles. The SMILES string of the molecule is COc1cc(F)c(C(=O)N2CC[C@H](OC)C2)c(F)c1. The summed E-state index contributed by atoms with van der Waals surface area (Å²) in [4.78, 5) is 13.5. The molecule has 1 amide bonds. The lowest BCUT2D eigenvalue weighted by molar-refractivity contribution is 0.0715. The summed E-state index contributed by atoms with van der Waals surface area (Å²) < 4.78 is 37.4. The van der Waals surface area contributed by atoms with E-state index in [2.05, 4.69) is 0 Å². The van der Waals surface area contributed by atoms with E-state index >= 15 is 0 Å². The van der Waals surface area contributed by atoms with Crippen LogP contribution in [0.1, 0.15) is 16.8 Å². The predicted octanol–water partition coefficient (Wildman–Crippen LogP) is 1.83. The minimum Gasteiger partial charge on any atom is -0.497 e. The zero-order valence-electron chi connectivity index (χ0n) is 10.8. The highest BCUT2D eigenvalue weighted by Crippen LogP contribution is 2.23. The monoisotopic (exact) mass is 271 g/mol. The Hall–Kier alpha value is -1.69. The van der Waals surface area contributed by atoms with E-state index in [0.29, 0.717) is 19.5 Å². The summed E-state index contributed by atoms with van der Waals surface area (Å²) in [5.74, 6) is -2.44. The maximum absolute atomic E-state index is 13.8. The van der Waals surface area contributed by atoms with Crippen LogP contribution in [0.4, 0.5) is 8.78 Å². The molecule has 0 aliphatic carbocycles. The summed E-state index contributed by atoms with van der Waals surface area (Å²) in [6, 6.07) is 2.00. The van der Waals surface area contributed by atoms with Crippen LogP contribution in [-0.2, 0) is 4.74 Å². The van der Waals surface area contributed by atoms with Gasteiger partial charge < -0.3 is 14.4 Å². The number of halogens is 2. The first-order valence-corrected chi connectivity index (χ1v) is 5.92. The number of methoxy groups -OCH3 is 2. The van der Waals surface area contributed by atoms with Gasteiger partial charge in [-0.05, 0) is 6.42 Å². The molecule has 0 spiro atoms. The number of ether oxygens (including phenoxy) is 2. The molecule has 1 atom stereocenters. The smallest absolute Gasteiger partial charge is 0.259 e. The highest BCUT2D eigenvalue weighted by atomic mass is 19.1. The third-order valence-electron chi connectivity index (χ3n) is 3.23. The topological polar surface area (TPSA) is 38.8 Å². The van der Waals surface area contributed by atoms with Crippen molar-refractivity contribution in [3.05, 3.63) is 29.3 Å². The van der Waals surface area contributed by atoms with Gasteiger partial charge in [0.25, 0.3) is 5.91 Å². The first-order valence-electron chi connectivity index (χ1n) is 5.92. The quantitative estimate of drug-likeness (QED) is 0.842. The van der Waals surface area contributed by atoms with Gasteiger partial charge in [-0.25, -0.2) is 8.78 Å². The number of hydrogen-bond donors (Lipinski definition) is 0. The Labute approximate surface area is 109 Å². The van der Waals surface area contributed by atoms with Crippen LogP contribution in [0.2, 0.25) is 0 Å². The lowest BCUT2D eigenvalue weighted by Crippen LogP contribution is -2.31. The summed E-state index contributed by atoms with van der Waals surface area (Å²) in [6.07, 6.45) is 0.593. The predicted molar refractivity (Wildman–Crippen MR) is 64.2 cm³/mol. The first kappa shape index (κ1) is 13.7. The van der Waals surface area contributed by atoms with Crippen LogP contribution in [0, 0.1) is 11.6 Å². The van der Waals surface area contributed by atoms with E-state index in [1.807, 2.05) is 0 Å². The number of likely N-dealkylation sites (tertiary alicyclic amines) is 1. The van der Waals surface area contributed by atoms with Gasteiger partial charge in [-0.2, -0.15) is 0 Å². The molecule has 1 aliphatic rings. The fourth-order valence-corrected chi connectivity index (χ4v) is 2.14. The molecule has 104 valence electrons. The number of amides is 1. The van der Waals surface area contributed by atoms with Crippen LogP contribution >= 0.6 is 0 Å². The molecule has 0 bridgehead atoms. The van der Waals surface area contributed by atoms with Crippen molar-refractivity contribution in [1.29, 1.82) is 0 Å². The Balaban J connectivity index is 2.25. The Morgan fingerprint density at radius 3 is 2.42 bits per heavy atom. The van der Waals surface area contributed by atoms with Gasteiger partial charge in [0.2, 0.25) is 0 Å². The number of rotatable bonds is 3. The van der Waals surface area contributed by atoms with Crippen molar-refractivity contribution in [1.82, 2.24) is 4.90 Å². The van der Waals surface area contributed by atoms with E-state index in [9.17, 15) is 13.6 Å². The fourth-order valence-electron chi connectivity index (χ4n) is 2.14. The van der Waals surface area contributed by atoms with Crippen LogP contribution in [-0.4, -0.2) is 44.2 Å². The van der Waals surface area contributed by atoms with Crippen LogP contribution in [0.3, 0.4) is 0 Å². The van der Waals surface area contributed by atoms with Crippen molar-refractivity contribution in [2.24, 2.45) is 0 Å². The molecular weight excluding hydrogens is 256 g/mol. The molecule has 0 saturated carbocycles. The molecule has 6 heteroatoms. The zero-order chi connectivity index (χ0) is 14.0. The zero-order valence-corrected chi connectivity index (χ0v) is 10.8. The standard InChI is InChI=1S/C13H15F2NO3/c1-18-8-3-4-16(7-8)13(17)12-10(14)5-9(19-2)6-11(12)15/h5-6,8H,3-4,7H2,1-2H3/t8-/m0/s1. The summed E-state index contributed by atoms with van der Waals surface area (Å²) in [5.41, 5.74) is -0.544. The van der Waals surface area contributed by atoms with E-state index < -0.39 is 23.1 Å². The van der Waals surface area contributed by atoms with Crippen molar-refractivity contribution in [2.45, 2.75) is 12.5 Å². The molecule has 2 rings (SSSR count). The number of carbonyl (C=O) groups excluding carboxylic acids is 1.